The van der Waals surface area contributed by atoms with Crippen LogP contribution in [0.25, 0.3) is 0 Å². The number of fused-ring (bicyclic) bond motifs is 1. The van der Waals surface area contributed by atoms with E-state index in [4.69, 9.17) is 0 Å². The van der Waals surface area contributed by atoms with Gasteiger partial charge in [0, 0.05) is 17.8 Å². The van der Waals surface area contributed by atoms with E-state index < -0.39 is 46.4 Å². The van der Waals surface area contributed by atoms with Gasteiger partial charge in [-0.2, -0.15) is 0 Å². The van der Waals surface area contributed by atoms with Crippen molar-refractivity contribution < 1.29 is 38.8 Å². The quantitative estimate of drug-likeness (QED) is 0.258. The van der Waals surface area contributed by atoms with Crippen molar-refractivity contribution >= 4 is 23.8 Å². The summed E-state index contributed by atoms with van der Waals surface area (Å²) in [5.74, 6) is -4.53. The molecule has 2 saturated heterocycles. The molecule has 1 saturated carbocycles. The zero-order chi connectivity index (χ0) is 24.0. The summed E-state index contributed by atoms with van der Waals surface area (Å²) in [5, 5.41) is 33.7. The largest absolute Gasteiger partial charge is 0.481 e. The van der Waals surface area contributed by atoms with Crippen molar-refractivity contribution in [1.29, 1.82) is 0 Å². The Bertz CT molecular complexity index is 1040. The molecule has 33 heavy (non-hydrogen) atoms. The predicted molar refractivity (Wildman–Crippen MR) is 112 cm³/mol. The third-order valence-corrected chi connectivity index (χ3v) is 7.62. The van der Waals surface area contributed by atoms with Crippen LogP contribution in [-0.4, -0.2) is 67.7 Å². The van der Waals surface area contributed by atoms with Gasteiger partial charge in [0.1, 0.15) is 5.92 Å². The van der Waals surface area contributed by atoms with Gasteiger partial charge in [-0.1, -0.05) is 12.1 Å². The van der Waals surface area contributed by atoms with Crippen LogP contribution in [-0.2, 0) is 9.59 Å². The molecule has 1 aromatic carbocycles. The molecule has 3 fully saturated rings. The molecule has 2 aliphatic heterocycles. The Morgan fingerprint density at radius 2 is 1.76 bits per heavy atom. The predicted octanol–water partition coefficient (Wildman–Crippen LogP) is 1.64. The smallest absolute Gasteiger partial charge is 0.379 e. The van der Waals surface area contributed by atoms with Gasteiger partial charge >= 0.3 is 17.8 Å². The van der Waals surface area contributed by atoms with Gasteiger partial charge in [-0.05, 0) is 37.8 Å². The van der Waals surface area contributed by atoms with E-state index >= 15 is 0 Å². The van der Waals surface area contributed by atoms with E-state index in [1.54, 1.807) is 0 Å². The van der Waals surface area contributed by atoms with Gasteiger partial charge in [0.05, 0.1) is 24.1 Å². The minimum Gasteiger partial charge on any atom is -0.481 e. The molecule has 0 aromatic heterocycles. The summed E-state index contributed by atoms with van der Waals surface area (Å²) in [7, 11) is 0. The second-order valence-corrected chi connectivity index (χ2v) is 9.12. The number of nitrogens with one attached hydrogen (secondary N) is 1. The fourth-order valence-electron chi connectivity index (χ4n) is 6.10. The molecule has 2 spiro atoms. The molecule has 0 bridgehead atoms. The van der Waals surface area contributed by atoms with Crippen LogP contribution in [0.2, 0.25) is 0 Å². The normalized spacial score (nSPS) is 33.3. The summed E-state index contributed by atoms with van der Waals surface area (Å²) in [4.78, 5) is 61.5. The number of quaternary nitrogens is 1. The van der Waals surface area contributed by atoms with Gasteiger partial charge in [-0.3, -0.25) is 19.7 Å². The van der Waals surface area contributed by atoms with Gasteiger partial charge < -0.3 is 15.5 Å². The number of aliphatic carboxylic acids is 1. The van der Waals surface area contributed by atoms with Crippen molar-refractivity contribution in [3.63, 3.8) is 0 Å². The maximum absolute atomic E-state index is 13.6. The molecule has 2 amide bonds. The molecule has 11 nitrogen and oxygen atoms in total. The fraction of sp³-hybridized carbons (Fsp3) is 0.545. The monoisotopic (exact) mass is 460 g/mol. The Morgan fingerprint density at radius 1 is 1.06 bits per heavy atom. The first kappa shape index (κ1) is 22.8. The molecule has 4 rings (SSSR count). The third kappa shape index (κ3) is 3.38. The molecular weight excluding hydrogens is 434 g/mol. The number of hydrogen-bond acceptors (Lipinski definition) is 6. The number of amides is 2. The number of carboxylic acids is 2. The summed E-state index contributed by atoms with van der Waals surface area (Å²) in [6.07, 6.45) is 1.64. The topological polar surface area (TPSA) is 164 Å². The summed E-state index contributed by atoms with van der Waals surface area (Å²) < 4.78 is -0.310. The van der Waals surface area contributed by atoms with Crippen LogP contribution in [0.4, 0.5) is 0 Å². The third-order valence-electron chi connectivity index (χ3n) is 7.62. The van der Waals surface area contributed by atoms with Crippen LogP contribution in [0.15, 0.2) is 24.3 Å². The van der Waals surface area contributed by atoms with Crippen molar-refractivity contribution in [1.82, 2.24) is 5.32 Å². The van der Waals surface area contributed by atoms with Crippen LogP contribution >= 0.6 is 0 Å². The lowest BCUT2D eigenvalue weighted by molar-refractivity contribution is -0.831. The van der Waals surface area contributed by atoms with Gasteiger partial charge in [-0.25, -0.2) is 14.1 Å². The number of carboxylic acid groups (broad SMARTS) is 2. The number of benzene rings is 1. The second-order valence-electron chi connectivity index (χ2n) is 9.12. The highest BCUT2D eigenvalue weighted by Crippen LogP contribution is 2.60. The lowest BCUT2D eigenvalue weighted by Crippen LogP contribution is -2.58. The number of hydrogen-bond donors (Lipinski definition) is 3. The average Bonchev–Trinajstić information content (AvgIpc) is 3.36. The fourth-order valence-corrected chi connectivity index (χ4v) is 6.10. The zero-order valence-electron chi connectivity index (χ0n) is 17.9. The Kier molecular flexibility index (Phi) is 5.69. The van der Waals surface area contributed by atoms with E-state index in [-0.39, 0.29) is 40.8 Å². The minimum absolute atomic E-state index is 0.0230. The van der Waals surface area contributed by atoms with Gasteiger partial charge in [0.25, 0.3) is 5.91 Å². The minimum atomic E-state index is -1.45. The van der Waals surface area contributed by atoms with Crippen LogP contribution in [0.5, 0.6) is 0 Å². The second kappa shape index (κ2) is 8.22. The number of nitrogens with zero attached hydrogens (tertiary/aromatic N) is 2. The summed E-state index contributed by atoms with van der Waals surface area (Å²) >= 11 is 0. The number of carbonyl (C=O) groups is 4. The first-order valence-electron chi connectivity index (χ1n) is 11.1. The lowest BCUT2D eigenvalue weighted by atomic mass is 9.75. The molecule has 5 atom stereocenters. The van der Waals surface area contributed by atoms with Crippen LogP contribution in [0.1, 0.15) is 65.7 Å². The SMILES string of the molecule is O=C(O)c1ccccc1C(=O)NC1CCCCC[N+]12C(=O)C21CC([N+](=O)[O-])CCC1C(=O)O. The molecule has 3 aliphatic rings. The van der Waals surface area contributed by atoms with E-state index in [1.807, 2.05) is 0 Å². The van der Waals surface area contributed by atoms with Crippen LogP contribution in [0, 0.1) is 16.0 Å². The van der Waals surface area contributed by atoms with Gasteiger partial charge in [-0.15, -0.1) is 0 Å². The first-order valence-corrected chi connectivity index (χ1v) is 11.1. The highest BCUT2D eigenvalue weighted by molar-refractivity contribution is 6.05. The molecule has 1 aromatic rings. The molecule has 176 valence electrons. The van der Waals surface area contributed by atoms with E-state index in [9.17, 15) is 39.5 Å². The maximum Gasteiger partial charge on any atom is 0.379 e. The van der Waals surface area contributed by atoms with Crippen molar-refractivity contribution in [2.24, 2.45) is 5.92 Å². The van der Waals surface area contributed by atoms with Crippen LogP contribution < -0.4 is 5.32 Å². The Hall–Kier alpha value is -3.34. The molecule has 5 unspecified atom stereocenters. The Morgan fingerprint density at radius 3 is 2.39 bits per heavy atom. The van der Waals surface area contributed by atoms with Crippen molar-refractivity contribution in [2.75, 3.05) is 6.54 Å². The highest BCUT2D eigenvalue weighted by atomic mass is 16.6. The maximum atomic E-state index is 13.6. The van der Waals surface area contributed by atoms with Gasteiger partial charge in [0.15, 0.2) is 6.17 Å². The molecule has 11 heteroatoms. The van der Waals surface area contributed by atoms with E-state index in [1.165, 1.54) is 24.3 Å². The van der Waals surface area contributed by atoms with E-state index in [0.717, 1.165) is 6.42 Å². The standard InChI is InChI=1S/C22H25N3O8/c26-18(14-6-3-4-7-15(14)19(27)28)23-17-8-2-1-5-11-25(17)21(31)22(25)12-13(24(32)33)9-10-16(22)20(29)30/h3-4,6-7,13,16-17H,1-2,5,8-12H2,(H2-,23,26,27,28,29,30)/p+1. The molecule has 1 aliphatic carbocycles. The molecular formula is C22H26N3O8+. The number of carbonyl (C=O) groups excluding carboxylic acids is 2. The van der Waals surface area contributed by atoms with Crippen molar-refractivity contribution in [2.45, 2.75) is 62.7 Å². The highest BCUT2D eigenvalue weighted by Gasteiger charge is 2.88. The molecule has 2 heterocycles. The lowest BCUT2D eigenvalue weighted by Gasteiger charge is -2.35. The van der Waals surface area contributed by atoms with Crippen molar-refractivity contribution in [3.05, 3.63) is 45.5 Å². The molecule has 3 N–H and O–H groups in total. The van der Waals surface area contributed by atoms with Crippen molar-refractivity contribution in [3.8, 4) is 0 Å². The Labute approximate surface area is 189 Å². The number of rotatable bonds is 5. The summed E-state index contributed by atoms with van der Waals surface area (Å²) in [5.41, 5.74) is -1.69. The van der Waals surface area contributed by atoms with Gasteiger partial charge in [0.2, 0.25) is 11.6 Å². The number of nitro groups is 1. The first-order chi connectivity index (χ1) is 15.7. The van der Waals surface area contributed by atoms with E-state index in [0.29, 0.717) is 25.8 Å². The zero-order valence-corrected chi connectivity index (χ0v) is 17.9. The summed E-state index contributed by atoms with van der Waals surface area (Å²) in [6, 6.07) is 4.70. The Balaban J connectivity index is 1.72. The average molecular weight is 460 g/mol. The summed E-state index contributed by atoms with van der Waals surface area (Å²) in [6.45, 7) is 0.290. The molecule has 0 radical (unpaired) electrons. The van der Waals surface area contributed by atoms with E-state index in [2.05, 4.69) is 5.32 Å². The van der Waals surface area contributed by atoms with Crippen LogP contribution in [0.3, 0.4) is 0 Å². The number of aromatic carboxylic acids is 1.